The van der Waals surface area contributed by atoms with Crippen molar-refractivity contribution < 1.29 is 19.1 Å². The number of ether oxygens (including phenoxy) is 1. The number of amides is 2. The van der Waals surface area contributed by atoms with E-state index in [1.54, 1.807) is 36.4 Å². The Hall–Kier alpha value is -3.91. The summed E-state index contributed by atoms with van der Waals surface area (Å²) in [4.78, 5) is 37.3. The van der Waals surface area contributed by atoms with Crippen LogP contribution in [0.2, 0.25) is 15.1 Å². The van der Waals surface area contributed by atoms with E-state index in [0.29, 0.717) is 10.6 Å². The number of fused-ring (bicyclic) bond motifs is 1. The van der Waals surface area contributed by atoms with E-state index >= 15 is 0 Å². The summed E-state index contributed by atoms with van der Waals surface area (Å²) in [6.45, 7) is -0.326. The molecule has 4 rings (SSSR count). The maximum absolute atomic E-state index is 12.8. The second-order valence-corrected chi connectivity index (χ2v) is 8.92. The molecule has 10 heteroatoms. The van der Waals surface area contributed by atoms with Crippen molar-refractivity contribution in [3.05, 3.63) is 111 Å². The van der Waals surface area contributed by atoms with E-state index < -0.39 is 17.8 Å². The Labute approximate surface area is 227 Å². The molecule has 0 atom stereocenters. The third-order valence-corrected chi connectivity index (χ3v) is 6.07. The summed E-state index contributed by atoms with van der Waals surface area (Å²) < 4.78 is 5.62. The van der Waals surface area contributed by atoms with Crippen molar-refractivity contribution in [1.29, 1.82) is 0 Å². The van der Waals surface area contributed by atoms with Crippen molar-refractivity contribution in [2.45, 2.75) is 0 Å². The van der Waals surface area contributed by atoms with Gasteiger partial charge in [-0.15, -0.1) is 0 Å². The monoisotopic (exact) mass is 553 g/mol. The van der Waals surface area contributed by atoms with Gasteiger partial charge in [0.25, 0.3) is 11.8 Å². The van der Waals surface area contributed by atoms with Crippen LogP contribution in [-0.4, -0.2) is 30.5 Å². The second-order valence-electron chi connectivity index (χ2n) is 7.67. The van der Waals surface area contributed by atoms with E-state index in [2.05, 4.69) is 15.8 Å². The number of benzene rings is 4. The zero-order valence-electron chi connectivity index (χ0n) is 19.0. The highest BCUT2D eigenvalue weighted by Gasteiger charge is 2.17. The van der Waals surface area contributed by atoms with Crippen molar-refractivity contribution in [3.63, 3.8) is 0 Å². The van der Waals surface area contributed by atoms with Crippen LogP contribution in [0.15, 0.2) is 84.0 Å². The Kier molecular flexibility index (Phi) is 8.40. The number of carbonyl (C=O) groups excluding carboxylic acids is 3. The molecule has 7 nitrogen and oxygen atoms in total. The summed E-state index contributed by atoms with van der Waals surface area (Å²) >= 11 is 18.1. The quantitative estimate of drug-likeness (QED) is 0.129. The van der Waals surface area contributed by atoms with Gasteiger partial charge in [0, 0.05) is 10.6 Å². The van der Waals surface area contributed by atoms with Gasteiger partial charge >= 0.3 is 5.97 Å². The van der Waals surface area contributed by atoms with E-state index in [-0.39, 0.29) is 33.5 Å². The smallest absolute Gasteiger partial charge is 0.345 e. The number of carbonyl (C=O) groups is 3. The van der Waals surface area contributed by atoms with E-state index in [1.807, 2.05) is 24.3 Å². The first kappa shape index (κ1) is 26.2. The lowest BCUT2D eigenvalue weighted by atomic mass is 10.0. The van der Waals surface area contributed by atoms with E-state index in [9.17, 15) is 14.4 Å². The molecule has 0 heterocycles. The van der Waals surface area contributed by atoms with Gasteiger partial charge in [0.1, 0.15) is 5.75 Å². The maximum Gasteiger partial charge on any atom is 0.345 e. The summed E-state index contributed by atoms with van der Waals surface area (Å²) in [5, 5.41) is 8.89. The van der Waals surface area contributed by atoms with Gasteiger partial charge in [-0.3, -0.25) is 9.59 Å². The number of nitrogens with one attached hydrogen (secondary N) is 2. The molecular formula is C27H18Cl3N3O4. The third kappa shape index (κ3) is 6.46. The summed E-state index contributed by atoms with van der Waals surface area (Å²) in [7, 11) is 0. The van der Waals surface area contributed by atoms with Crippen LogP contribution in [0.5, 0.6) is 5.75 Å². The Morgan fingerprint density at radius 3 is 2.38 bits per heavy atom. The van der Waals surface area contributed by atoms with Crippen LogP contribution in [0.4, 0.5) is 0 Å². The van der Waals surface area contributed by atoms with Crippen LogP contribution in [0.1, 0.15) is 26.3 Å². The fourth-order valence-corrected chi connectivity index (χ4v) is 4.12. The molecule has 0 aliphatic heterocycles. The summed E-state index contributed by atoms with van der Waals surface area (Å²) in [5.74, 6) is -1.53. The van der Waals surface area contributed by atoms with Crippen molar-refractivity contribution in [3.8, 4) is 5.75 Å². The minimum atomic E-state index is -0.682. The SMILES string of the molecule is O=C(CNC(=O)c1ccccc1Cl)NN=Cc1c(OC(=O)c2ccc(Cl)cc2Cl)ccc2ccccc12. The van der Waals surface area contributed by atoms with E-state index in [4.69, 9.17) is 39.5 Å². The zero-order chi connectivity index (χ0) is 26.4. The summed E-state index contributed by atoms with van der Waals surface area (Å²) in [6.07, 6.45) is 1.36. The minimum absolute atomic E-state index is 0.143. The molecule has 186 valence electrons. The lowest BCUT2D eigenvalue weighted by Crippen LogP contribution is -2.35. The van der Waals surface area contributed by atoms with Gasteiger partial charge in [-0.1, -0.05) is 77.3 Å². The normalized spacial score (nSPS) is 10.9. The van der Waals surface area contributed by atoms with Crippen molar-refractivity contribution in [1.82, 2.24) is 10.7 Å². The fraction of sp³-hybridized carbons (Fsp3) is 0.0370. The Morgan fingerprint density at radius 1 is 0.838 bits per heavy atom. The highest BCUT2D eigenvalue weighted by Crippen LogP contribution is 2.29. The second kappa shape index (κ2) is 11.9. The number of hydrogen-bond acceptors (Lipinski definition) is 5. The molecular weight excluding hydrogens is 537 g/mol. The summed E-state index contributed by atoms with van der Waals surface area (Å²) in [5.41, 5.74) is 3.20. The van der Waals surface area contributed by atoms with Crippen molar-refractivity contribution in [2.24, 2.45) is 5.10 Å². The average molecular weight is 555 g/mol. The lowest BCUT2D eigenvalue weighted by Gasteiger charge is -2.11. The van der Waals surface area contributed by atoms with Crippen LogP contribution >= 0.6 is 34.8 Å². The largest absolute Gasteiger partial charge is 0.422 e. The predicted molar refractivity (Wildman–Crippen MR) is 145 cm³/mol. The molecule has 0 fully saturated rings. The van der Waals surface area contributed by atoms with Crippen molar-refractivity contribution >= 4 is 69.6 Å². The lowest BCUT2D eigenvalue weighted by molar-refractivity contribution is -0.120. The number of hydrazone groups is 1. The van der Waals surface area contributed by atoms with Gasteiger partial charge in [0.15, 0.2) is 0 Å². The number of nitrogens with zero attached hydrogens (tertiary/aromatic N) is 1. The van der Waals surface area contributed by atoms with E-state index in [0.717, 1.165) is 10.8 Å². The van der Waals surface area contributed by atoms with Crippen LogP contribution in [0.3, 0.4) is 0 Å². The molecule has 0 bridgehead atoms. The molecule has 0 saturated carbocycles. The molecule has 0 aromatic heterocycles. The molecule has 2 N–H and O–H groups in total. The van der Waals surface area contributed by atoms with Gasteiger partial charge < -0.3 is 10.1 Å². The highest BCUT2D eigenvalue weighted by atomic mass is 35.5. The molecule has 2 amide bonds. The first-order chi connectivity index (χ1) is 17.8. The minimum Gasteiger partial charge on any atom is -0.422 e. The Bertz CT molecular complexity index is 1540. The standard InChI is InChI=1S/C27H18Cl3N3O4/c28-17-10-11-20(23(30)13-17)27(36)37-24-12-9-16-5-1-2-6-18(16)21(24)14-32-33-25(34)15-31-26(35)19-7-3-4-8-22(19)29/h1-14H,15H2,(H,31,35)(H,33,34). The van der Waals surface area contributed by atoms with Crippen LogP contribution in [0, 0.1) is 0 Å². The molecule has 0 saturated heterocycles. The maximum atomic E-state index is 12.8. The highest BCUT2D eigenvalue weighted by molar-refractivity contribution is 6.36. The fourth-order valence-electron chi connectivity index (χ4n) is 3.42. The third-order valence-electron chi connectivity index (χ3n) is 5.20. The van der Waals surface area contributed by atoms with Gasteiger partial charge in [-0.05, 0) is 47.2 Å². The van der Waals surface area contributed by atoms with Gasteiger partial charge in [-0.2, -0.15) is 5.10 Å². The van der Waals surface area contributed by atoms with Crippen LogP contribution in [0.25, 0.3) is 10.8 Å². The molecule has 0 unspecified atom stereocenters. The zero-order valence-corrected chi connectivity index (χ0v) is 21.3. The molecule has 0 aliphatic carbocycles. The average Bonchev–Trinajstić information content (AvgIpc) is 2.88. The first-order valence-electron chi connectivity index (χ1n) is 10.9. The molecule has 0 aliphatic rings. The molecule has 37 heavy (non-hydrogen) atoms. The molecule has 0 radical (unpaired) electrons. The number of hydrogen-bond donors (Lipinski definition) is 2. The first-order valence-corrected chi connectivity index (χ1v) is 12.0. The van der Waals surface area contributed by atoms with E-state index in [1.165, 1.54) is 24.4 Å². The number of esters is 1. The number of halogens is 3. The van der Waals surface area contributed by atoms with Crippen molar-refractivity contribution in [2.75, 3.05) is 6.54 Å². The summed E-state index contributed by atoms with van der Waals surface area (Å²) in [6, 6.07) is 21.8. The topological polar surface area (TPSA) is 96.9 Å². The Balaban J connectivity index is 1.49. The van der Waals surface area contributed by atoms with Gasteiger partial charge in [0.2, 0.25) is 0 Å². The van der Waals surface area contributed by atoms with Crippen LogP contribution < -0.4 is 15.5 Å². The van der Waals surface area contributed by atoms with Crippen LogP contribution in [-0.2, 0) is 4.79 Å². The van der Waals surface area contributed by atoms with Gasteiger partial charge in [0.05, 0.1) is 33.9 Å². The Morgan fingerprint density at radius 2 is 1.59 bits per heavy atom. The predicted octanol–water partition coefficient (Wildman–Crippen LogP) is 5.90. The molecule has 0 spiro atoms. The molecule has 4 aromatic rings. The number of rotatable bonds is 7. The van der Waals surface area contributed by atoms with Gasteiger partial charge in [-0.25, -0.2) is 10.2 Å². The molecule has 4 aromatic carbocycles.